The molecule has 0 spiro atoms. The van der Waals surface area contributed by atoms with Crippen molar-refractivity contribution in [3.8, 4) is 0 Å². The molecule has 6 heteroatoms. The van der Waals surface area contributed by atoms with E-state index < -0.39 is 5.82 Å². The number of amides is 1. The fourth-order valence-electron chi connectivity index (χ4n) is 2.83. The lowest BCUT2D eigenvalue weighted by atomic mass is 10.0. The van der Waals surface area contributed by atoms with E-state index in [9.17, 15) is 9.18 Å². The van der Waals surface area contributed by atoms with E-state index >= 15 is 0 Å². The lowest BCUT2D eigenvalue weighted by molar-refractivity contribution is -0.703. The molecule has 0 aliphatic carbocycles. The molecule has 0 radical (unpaired) electrons. The topological polar surface area (TPSA) is 45.7 Å². The number of nitrogens with one attached hydrogen (secondary N) is 1. The molecule has 2 aromatic carbocycles. The minimum absolute atomic E-state index is 0.0232. The van der Waals surface area contributed by atoms with Crippen molar-refractivity contribution in [2.75, 3.05) is 5.32 Å². The standard InChI is InChI=1S/C21H20ClFN2OS/c1-13-5-7-15(8-6-13)20(19-4-3-11-27-19)24-14(2)21(26)25-18-10-9-16(23)12-17(18)22/h3-12,14,20,24H,1-2H3,(H,25,26)/p+1/t14-,20-/m0/s1. The van der Waals surface area contributed by atoms with E-state index in [0.717, 1.165) is 5.56 Å². The Labute approximate surface area is 167 Å². The summed E-state index contributed by atoms with van der Waals surface area (Å²) in [6, 6.07) is 16.0. The Morgan fingerprint density at radius 3 is 2.56 bits per heavy atom. The maximum Gasteiger partial charge on any atom is 0.282 e. The van der Waals surface area contributed by atoms with Gasteiger partial charge < -0.3 is 10.6 Å². The first kappa shape index (κ1) is 19.5. The molecule has 1 aromatic heterocycles. The molecule has 3 nitrogen and oxygen atoms in total. The molecule has 0 aliphatic rings. The van der Waals surface area contributed by atoms with Crippen LogP contribution in [0.1, 0.15) is 29.0 Å². The van der Waals surface area contributed by atoms with Crippen LogP contribution < -0.4 is 10.6 Å². The van der Waals surface area contributed by atoms with Gasteiger partial charge in [-0.1, -0.05) is 47.5 Å². The summed E-state index contributed by atoms with van der Waals surface area (Å²) in [5.74, 6) is -0.619. The Balaban J connectivity index is 1.76. The number of aryl methyl sites for hydroxylation is 1. The van der Waals surface area contributed by atoms with Crippen molar-refractivity contribution in [1.29, 1.82) is 0 Å². The van der Waals surface area contributed by atoms with Crippen LogP contribution in [0, 0.1) is 12.7 Å². The number of anilines is 1. The highest BCUT2D eigenvalue weighted by molar-refractivity contribution is 7.10. The highest BCUT2D eigenvalue weighted by Crippen LogP contribution is 2.24. The first-order chi connectivity index (χ1) is 12.9. The molecular formula is C21H21ClFN2OS+. The van der Waals surface area contributed by atoms with Crippen molar-refractivity contribution < 1.29 is 14.5 Å². The number of rotatable bonds is 6. The summed E-state index contributed by atoms with van der Waals surface area (Å²) in [4.78, 5) is 13.8. The van der Waals surface area contributed by atoms with E-state index in [0.29, 0.717) is 5.69 Å². The molecule has 0 fully saturated rings. The van der Waals surface area contributed by atoms with Gasteiger partial charge in [-0.05, 0) is 43.5 Å². The molecule has 3 rings (SSSR count). The van der Waals surface area contributed by atoms with E-state index in [-0.39, 0.29) is 23.0 Å². The van der Waals surface area contributed by atoms with Crippen LogP contribution in [0.4, 0.5) is 10.1 Å². The zero-order valence-corrected chi connectivity index (χ0v) is 16.7. The molecule has 0 aliphatic heterocycles. The predicted octanol–water partition coefficient (Wildman–Crippen LogP) is 4.53. The van der Waals surface area contributed by atoms with Crippen LogP contribution in [0.3, 0.4) is 0 Å². The fourth-order valence-corrected chi connectivity index (χ4v) is 3.87. The van der Waals surface area contributed by atoms with Crippen molar-refractivity contribution in [3.63, 3.8) is 0 Å². The Kier molecular flexibility index (Phi) is 6.26. The number of nitrogens with two attached hydrogens (primary N) is 1. The number of hydrogen-bond donors (Lipinski definition) is 2. The minimum Gasteiger partial charge on any atom is -0.326 e. The summed E-state index contributed by atoms with van der Waals surface area (Å²) in [6.07, 6.45) is 0. The van der Waals surface area contributed by atoms with Crippen LogP contribution in [0.2, 0.25) is 5.02 Å². The Morgan fingerprint density at radius 1 is 1.19 bits per heavy atom. The van der Waals surface area contributed by atoms with Gasteiger partial charge in [0.15, 0.2) is 6.04 Å². The summed E-state index contributed by atoms with van der Waals surface area (Å²) in [5, 5.41) is 7.03. The van der Waals surface area contributed by atoms with Gasteiger partial charge in [-0.3, -0.25) is 4.79 Å². The van der Waals surface area contributed by atoms with E-state index in [1.807, 2.05) is 23.7 Å². The average Bonchev–Trinajstić information content (AvgIpc) is 3.17. The quantitative estimate of drug-likeness (QED) is 0.624. The second-order valence-corrected chi connectivity index (χ2v) is 7.88. The van der Waals surface area contributed by atoms with Crippen LogP contribution in [-0.4, -0.2) is 11.9 Å². The Morgan fingerprint density at radius 2 is 1.93 bits per heavy atom. The number of quaternary nitrogens is 1. The van der Waals surface area contributed by atoms with E-state index in [1.165, 1.54) is 28.6 Å². The molecule has 27 heavy (non-hydrogen) atoms. The summed E-state index contributed by atoms with van der Waals surface area (Å²) in [5.41, 5.74) is 2.74. The molecule has 0 unspecified atom stereocenters. The second kappa shape index (κ2) is 8.65. The smallest absolute Gasteiger partial charge is 0.282 e. The number of thiophene rings is 1. The summed E-state index contributed by atoms with van der Waals surface area (Å²) in [7, 11) is 0. The molecule has 3 aromatic rings. The molecule has 2 atom stereocenters. The molecule has 1 heterocycles. The van der Waals surface area contributed by atoms with Crippen molar-refractivity contribution in [2.45, 2.75) is 25.9 Å². The maximum absolute atomic E-state index is 13.2. The molecule has 0 bridgehead atoms. The second-order valence-electron chi connectivity index (χ2n) is 6.50. The Hall–Kier alpha value is -2.21. The lowest BCUT2D eigenvalue weighted by Crippen LogP contribution is -2.92. The van der Waals surface area contributed by atoms with Crippen LogP contribution in [0.15, 0.2) is 60.0 Å². The minimum atomic E-state index is -0.435. The summed E-state index contributed by atoms with van der Waals surface area (Å²) in [6.45, 7) is 3.90. The molecular weight excluding hydrogens is 383 g/mol. The molecule has 1 amide bonds. The van der Waals surface area contributed by atoms with Gasteiger partial charge in [-0.2, -0.15) is 0 Å². The number of carbonyl (C=O) groups excluding carboxylic acids is 1. The van der Waals surface area contributed by atoms with Crippen LogP contribution in [-0.2, 0) is 4.79 Å². The third kappa shape index (κ3) is 4.95. The zero-order valence-electron chi connectivity index (χ0n) is 15.1. The van der Waals surface area contributed by atoms with Crippen LogP contribution >= 0.6 is 22.9 Å². The maximum atomic E-state index is 13.2. The number of halogens is 2. The van der Waals surface area contributed by atoms with E-state index in [1.54, 1.807) is 11.3 Å². The van der Waals surface area contributed by atoms with E-state index in [2.05, 4.69) is 42.6 Å². The highest BCUT2D eigenvalue weighted by Gasteiger charge is 2.26. The van der Waals surface area contributed by atoms with Gasteiger partial charge in [-0.15, -0.1) is 11.3 Å². The number of carbonyl (C=O) groups is 1. The van der Waals surface area contributed by atoms with Gasteiger partial charge in [0.1, 0.15) is 11.9 Å². The number of benzene rings is 2. The zero-order chi connectivity index (χ0) is 19.4. The first-order valence-corrected chi connectivity index (χ1v) is 9.90. The highest BCUT2D eigenvalue weighted by atomic mass is 35.5. The van der Waals surface area contributed by atoms with Crippen molar-refractivity contribution in [2.24, 2.45) is 0 Å². The Bertz CT molecular complexity index is 912. The monoisotopic (exact) mass is 403 g/mol. The van der Waals surface area contributed by atoms with Gasteiger partial charge in [0, 0.05) is 5.56 Å². The van der Waals surface area contributed by atoms with Gasteiger partial charge in [0.05, 0.1) is 15.6 Å². The lowest BCUT2D eigenvalue weighted by Gasteiger charge is -2.20. The average molecular weight is 404 g/mol. The third-order valence-electron chi connectivity index (χ3n) is 4.37. The van der Waals surface area contributed by atoms with Gasteiger partial charge >= 0.3 is 0 Å². The molecule has 0 saturated heterocycles. The third-order valence-corrected chi connectivity index (χ3v) is 5.64. The molecule has 3 N–H and O–H groups in total. The molecule has 0 saturated carbocycles. The van der Waals surface area contributed by atoms with E-state index in [4.69, 9.17) is 11.6 Å². The summed E-state index contributed by atoms with van der Waals surface area (Å²) >= 11 is 7.68. The largest absolute Gasteiger partial charge is 0.326 e. The van der Waals surface area contributed by atoms with Crippen molar-refractivity contribution in [3.05, 3.63) is 86.8 Å². The fraction of sp³-hybridized carbons (Fsp3) is 0.190. The van der Waals surface area contributed by atoms with Crippen molar-refractivity contribution in [1.82, 2.24) is 0 Å². The normalized spacial score (nSPS) is 13.2. The predicted molar refractivity (Wildman–Crippen MR) is 109 cm³/mol. The summed E-state index contributed by atoms with van der Waals surface area (Å²) < 4.78 is 13.2. The van der Waals surface area contributed by atoms with Crippen molar-refractivity contribution >= 4 is 34.5 Å². The SMILES string of the molecule is Cc1ccc([C@H]([NH2+][C@@H](C)C(=O)Nc2ccc(F)cc2Cl)c2cccs2)cc1. The van der Waals surface area contributed by atoms with Crippen LogP contribution in [0.5, 0.6) is 0 Å². The number of hydrogen-bond acceptors (Lipinski definition) is 2. The van der Waals surface area contributed by atoms with Gasteiger partial charge in [-0.25, -0.2) is 4.39 Å². The van der Waals surface area contributed by atoms with Crippen LogP contribution in [0.25, 0.3) is 0 Å². The van der Waals surface area contributed by atoms with Gasteiger partial charge in [0.25, 0.3) is 5.91 Å². The molecule has 140 valence electrons. The first-order valence-electron chi connectivity index (χ1n) is 8.65. The van der Waals surface area contributed by atoms with Gasteiger partial charge in [0.2, 0.25) is 0 Å².